The van der Waals surface area contributed by atoms with Gasteiger partial charge in [-0.25, -0.2) is 9.78 Å². The zero-order chi connectivity index (χ0) is 20.5. The molecular weight excluding hydrogens is 418 g/mol. The molecule has 0 aliphatic heterocycles. The molecule has 30 heavy (non-hydrogen) atoms. The molecule has 0 saturated carbocycles. The van der Waals surface area contributed by atoms with Crippen molar-refractivity contribution in [3.63, 3.8) is 0 Å². The van der Waals surface area contributed by atoms with Gasteiger partial charge in [-0.2, -0.15) is 0 Å². The summed E-state index contributed by atoms with van der Waals surface area (Å²) in [4.78, 5) is 18.0. The van der Waals surface area contributed by atoms with E-state index in [0.717, 1.165) is 45.7 Å². The molecule has 3 N–H and O–H groups in total. The largest absolute Gasteiger partial charge is 0.419 e. The lowest BCUT2D eigenvalue weighted by molar-refractivity contribution is 0.217. The van der Waals surface area contributed by atoms with Gasteiger partial charge in [0.15, 0.2) is 0 Å². The Bertz CT molecular complexity index is 1220. The molecule has 9 heteroatoms. The number of hydrogen-bond donors (Lipinski definition) is 2. The third kappa shape index (κ3) is 3.73. The topological polar surface area (TPSA) is 103 Å². The lowest BCUT2D eigenvalue weighted by atomic mass is 10.1. The molecule has 0 fully saturated rings. The second-order valence-corrected chi connectivity index (χ2v) is 9.04. The van der Waals surface area contributed by atoms with Crippen LogP contribution in [0.1, 0.15) is 30.5 Å². The average molecular weight is 438 g/mol. The van der Waals surface area contributed by atoms with E-state index in [2.05, 4.69) is 21.6 Å². The molecule has 4 aromatic rings. The number of nitrogens with zero attached hydrogens (tertiary/aromatic N) is 3. The molecule has 1 aliphatic rings. The number of hydrogen-bond acceptors (Lipinski definition) is 8. The Balaban J connectivity index is 1.33. The van der Waals surface area contributed by atoms with Crippen LogP contribution in [0.4, 0.5) is 15.6 Å². The summed E-state index contributed by atoms with van der Waals surface area (Å²) < 4.78 is 5.48. The Morgan fingerprint density at radius 2 is 1.90 bits per heavy atom. The van der Waals surface area contributed by atoms with Crippen LogP contribution >= 0.6 is 22.7 Å². The van der Waals surface area contributed by atoms with E-state index in [-0.39, 0.29) is 0 Å². The minimum Gasteiger partial charge on any atom is -0.397 e. The molecule has 152 valence electrons. The first-order valence-corrected chi connectivity index (χ1v) is 11.4. The number of nitrogen functional groups attached to an aromatic ring is 1. The fourth-order valence-corrected chi connectivity index (χ4v) is 5.24. The smallest absolute Gasteiger partial charge is 0.397 e. The van der Waals surface area contributed by atoms with Crippen LogP contribution in [0.3, 0.4) is 0 Å². The van der Waals surface area contributed by atoms with Crippen molar-refractivity contribution in [3.05, 3.63) is 47.7 Å². The van der Waals surface area contributed by atoms with Gasteiger partial charge >= 0.3 is 6.09 Å². The van der Waals surface area contributed by atoms with Gasteiger partial charge in [0.25, 0.3) is 0 Å². The number of nitrogens with two attached hydrogens (primary N) is 1. The van der Waals surface area contributed by atoms with Crippen LogP contribution in [-0.2, 0) is 12.8 Å². The van der Waals surface area contributed by atoms with Gasteiger partial charge in [0.2, 0.25) is 10.2 Å². The maximum Gasteiger partial charge on any atom is 0.419 e. The van der Waals surface area contributed by atoms with Gasteiger partial charge in [0.05, 0.1) is 5.69 Å². The fraction of sp³-hybridized carbons (Fsp3) is 0.238. The van der Waals surface area contributed by atoms with E-state index in [1.165, 1.54) is 41.1 Å². The number of fused-ring (bicyclic) bond motifs is 2. The molecule has 1 amide bonds. The highest BCUT2D eigenvalue weighted by Gasteiger charge is 2.19. The number of aryl methyl sites for hydroxylation is 2. The molecule has 7 nitrogen and oxygen atoms in total. The summed E-state index contributed by atoms with van der Waals surface area (Å²) in [5, 5.41) is 13.1. The molecule has 0 spiro atoms. The second kappa shape index (κ2) is 8.00. The van der Waals surface area contributed by atoms with E-state index < -0.39 is 6.09 Å². The summed E-state index contributed by atoms with van der Waals surface area (Å²) >= 11 is 2.57. The molecular formula is C21H19N5O2S2. The lowest BCUT2D eigenvalue weighted by Gasteiger charge is -2.04. The van der Waals surface area contributed by atoms with Gasteiger partial charge < -0.3 is 10.5 Å². The van der Waals surface area contributed by atoms with Crippen LogP contribution in [0.2, 0.25) is 0 Å². The van der Waals surface area contributed by atoms with Crippen molar-refractivity contribution in [2.45, 2.75) is 32.1 Å². The van der Waals surface area contributed by atoms with E-state index in [1.807, 2.05) is 30.3 Å². The Morgan fingerprint density at radius 1 is 1.07 bits per heavy atom. The number of carbonyl (C=O) groups excluding carboxylic acids is 1. The highest BCUT2D eigenvalue weighted by Crippen LogP contribution is 2.41. The molecule has 0 unspecified atom stereocenters. The number of pyridine rings is 1. The van der Waals surface area contributed by atoms with Crippen LogP contribution in [-0.4, -0.2) is 21.3 Å². The van der Waals surface area contributed by atoms with Gasteiger partial charge in [-0.1, -0.05) is 59.4 Å². The van der Waals surface area contributed by atoms with Crippen molar-refractivity contribution in [3.8, 4) is 15.6 Å². The SMILES string of the molecule is Nc1c(OC(=O)Nc2nnc(-c3ccccc3)s2)sc2nc3c(cc12)CCCCC3. The lowest BCUT2D eigenvalue weighted by Crippen LogP contribution is -2.16. The molecule has 1 aromatic carbocycles. The molecule has 1 aliphatic carbocycles. The van der Waals surface area contributed by atoms with Crippen LogP contribution in [0.5, 0.6) is 5.06 Å². The van der Waals surface area contributed by atoms with Crippen molar-refractivity contribution >= 4 is 49.8 Å². The van der Waals surface area contributed by atoms with Gasteiger partial charge in [-0.05, 0) is 37.3 Å². The summed E-state index contributed by atoms with van der Waals surface area (Å²) in [5.74, 6) is 0. The van der Waals surface area contributed by atoms with Crippen molar-refractivity contribution in [2.75, 3.05) is 11.1 Å². The third-order valence-corrected chi connectivity index (χ3v) is 6.94. The number of carbonyl (C=O) groups is 1. The predicted octanol–water partition coefficient (Wildman–Crippen LogP) is 5.28. The van der Waals surface area contributed by atoms with Crippen molar-refractivity contribution in [2.24, 2.45) is 0 Å². The Morgan fingerprint density at radius 3 is 2.77 bits per heavy atom. The molecule has 3 heterocycles. The molecule has 5 rings (SSSR count). The summed E-state index contributed by atoms with van der Waals surface area (Å²) in [5.41, 5.74) is 10.1. The van der Waals surface area contributed by atoms with Crippen LogP contribution in [0, 0.1) is 0 Å². The summed E-state index contributed by atoms with van der Waals surface area (Å²) in [6.07, 6.45) is 4.91. The van der Waals surface area contributed by atoms with Gasteiger partial charge in [-0.3, -0.25) is 5.32 Å². The number of thiophene rings is 1. The predicted molar refractivity (Wildman–Crippen MR) is 120 cm³/mol. The third-order valence-electron chi connectivity index (χ3n) is 5.06. The monoisotopic (exact) mass is 437 g/mol. The summed E-state index contributed by atoms with van der Waals surface area (Å²) in [7, 11) is 0. The minimum atomic E-state index is -0.648. The number of aromatic nitrogens is 3. The Kier molecular flexibility index (Phi) is 5.06. The first kappa shape index (κ1) is 19.0. The van der Waals surface area contributed by atoms with E-state index >= 15 is 0 Å². The highest BCUT2D eigenvalue weighted by atomic mass is 32.1. The minimum absolute atomic E-state index is 0.350. The standard InChI is InChI=1S/C21H19N5O2S2/c22-16-14-11-13-9-5-2-6-10-15(13)23-18(14)29-19(16)28-21(27)24-20-26-25-17(30-20)12-7-3-1-4-8-12/h1,3-4,7-8,11H,2,5-6,9-10,22H2,(H,24,26,27). The molecule has 0 radical (unpaired) electrons. The van der Waals surface area contributed by atoms with Gasteiger partial charge in [-0.15, -0.1) is 10.2 Å². The second-order valence-electron chi connectivity index (χ2n) is 7.10. The first-order chi connectivity index (χ1) is 14.7. The normalized spacial score (nSPS) is 13.6. The first-order valence-electron chi connectivity index (χ1n) is 9.76. The number of anilines is 2. The van der Waals surface area contributed by atoms with Crippen LogP contribution < -0.4 is 15.8 Å². The highest BCUT2D eigenvalue weighted by molar-refractivity contribution is 7.21. The fourth-order valence-electron chi connectivity index (χ4n) is 3.56. The number of rotatable bonds is 3. The number of benzene rings is 1. The van der Waals surface area contributed by atoms with E-state index in [0.29, 0.717) is 15.9 Å². The average Bonchev–Trinajstić information content (AvgIpc) is 3.24. The molecule has 0 atom stereocenters. The summed E-state index contributed by atoms with van der Waals surface area (Å²) in [6.45, 7) is 0. The Hall–Kier alpha value is -3.04. The van der Waals surface area contributed by atoms with E-state index in [9.17, 15) is 4.79 Å². The number of amides is 1. The molecule has 3 aromatic heterocycles. The Labute approximate surface area is 180 Å². The zero-order valence-corrected chi connectivity index (χ0v) is 17.7. The maximum absolute atomic E-state index is 12.4. The van der Waals surface area contributed by atoms with Crippen molar-refractivity contribution in [1.29, 1.82) is 0 Å². The van der Waals surface area contributed by atoms with E-state index in [1.54, 1.807) is 0 Å². The van der Waals surface area contributed by atoms with Crippen molar-refractivity contribution < 1.29 is 9.53 Å². The van der Waals surface area contributed by atoms with Crippen LogP contribution in [0.25, 0.3) is 20.8 Å². The van der Waals surface area contributed by atoms with Crippen LogP contribution in [0.15, 0.2) is 36.4 Å². The number of ether oxygens (including phenoxy) is 1. The number of nitrogens with one attached hydrogen (secondary N) is 1. The quantitative estimate of drug-likeness (QED) is 0.423. The van der Waals surface area contributed by atoms with Gasteiger partial charge in [0, 0.05) is 16.6 Å². The van der Waals surface area contributed by atoms with Crippen molar-refractivity contribution in [1.82, 2.24) is 15.2 Å². The molecule has 0 bridgehead atoms. The van der Waals surface area contributed by atoms with E-state index in [4.69, 9.17) is 15.5 Å². The maximum atomic E-state index is 12.4. The zero-order valence-electron chi connectivity index (χ0n) is 16.1. The summed E-state index contributed by atoms with van der Waals surface area (Å²) in [6, 6.07) is 11.8. The van der Waals surface area contributed by atoms with Gasteiger partial charge in [0.1, 0.15) is 9.84 Å². The molecule has 0 saturated heterocycles.